The van der Waals surface area contributed by atoms with Crippen molar-refractivity contribution in [3.63, 3.8) is 0 Å². The molecule has 0 fully saturated rings. The maximum atomic E-state index is 5.68. The molecule has 1 aromatic carbocycles. The highest BCUT2D eigenvalue weighted by molar-refractivity contribution is 5.14. The highest BCUT2D eigenvalue weighted by Crippen LogP contribution is 2.08. The van der Waals surface area contributed by atoms with Crippen molar-refractivity contribution < 1.29 is 4.74 Å². The van der Waals surface area contributed by atoms with E-state index in [0.717, 1.165) is 13.2 Å². The molecule has 0 saturated heterocycles. The Morgan fingerprint density at radius 1 is 0.700 bits per heavy atom. The summed E-state index contributed by atoms with van der Waals surface area (Å²) in [4.78, 5) is 0. The van der Waals surface area contributed by atoms with Crippen molar-refractivity contribution in [2.75, 3.05) is 13.2 Å². The van der Waals surface area contributed by atoms with E-state index in [4.69, 9.17) is 4.74 Å². The first kappa shape index (κ1) is 17.2. The lowest BCUT2D eigenvalue weighted by atomic mass is 10.1. The molecule has 0 bridgehead atoms. The predicted molar refractivity (Wildman–Crippen MR) is 88.2 cm³/mol. The van der Waals surface area contributed by atoms with E-state index in [-0.39, 0.29) is 0 Å². The summed E-state index contributed by atoms with van der Waals surface area (Å²) in [7, 11) is 0. The van der Waals surface area contributed by atoms with Gasteiger partial charge in [0.1, 0.15) is 0 Å². The molecule has 20 heavy (non-hydrogen) atoms. The second-order valence-corrected chi connectivity index (χ2v) is 5.68. The molecule has 0 N–H and O–H groups in total. The fourth-order valence-electron chi connectivity index (χ4n) is 2.44. The van der Waals surface area contributed by atoms with Crippen LogP contribution in [0.1, 0.15) is 70.3 Å². The van der Waals surface area contributed by atoms with Crippen LogP contribution in [0.15, 0.2) is 30.3 Å². The van der Waals surface area contributed by atoms with Gasteiger partial charge in [-0.1, -0.05) is 75.8 Å². The van der Waals surface area contributed by atoms with Gasteiger partial charge in [-0.3, -0.25) is 0 Å². The highest BCUT2D eigenvalue weighted by Gasteiger charge is 1.94. The Labute approximate surface area is 125 Å². The molecule has 0 spiro atoms. The molecule has 1 heteroatoms. The Kier molecular flexibility index (Phi) is 11.4. The van der Waals surface area contributed by atoms with Crippen LogP contribution in [0, 0.1) is 0 Å². The number of aryl methyl sites for hydroxylation is 1. The second-order valence-electron chi connectivity index (χ2n) is 5.68. The fourth-order valence-corrected chi connectivity index (χ4v) is 2.44. The molecule has 1 aromatic rings. The maximum Gasteiger partial charge on any atom is 0.0466 e. The third-order valence-corrected chi connectivity index (χ3v) is 3.74. The van der Waals surface area contributed by atoms with E-state index in [1.807, 2.05) is 0 Å². The van der Waals surface area contributed by atoms with E-state index in [9.17, 15) is 0 Å². The average Bonchev–Trinajstić information content (AvgIpc) is 2.49. The van der Waals surface area contributed by atoms with Crippen LogP contribution < -0.4 is 0 Å². The van der Waals surface area contributed by atoms with Crippen molar-refractivity contribution in [3.05, 3.63) is 35.9 Å². The van der Waals surface area contributed by atoms with Crippen LogP contribution >= 0.6 is 0 Å². The van der Waals surface area contributed by atoms with E-state index in [1.54, 1.807) is 0 Å². The summed E-state index contributed by atoms with van der Waals surface area (Å²) in [5.74, 6) is 0. The Bertz CT molecular complexity index is 294. The molecule has 1 nitrogen and oxygen atoms in total. The van der Waals surface area contributed by atoms with E-state index in [1.165, 1.54) is 69.8 Å². The zero-order chi connectivity index (χ0) is 14.3. The topological polar surface area (TPSA) is 9.23 Å². The Hall–Kier alpha value is -0.820. The molecule has 0 aromatic heterocycles. The van der Waals surface area contributed by atoms with Gasteiger partial charge in [-0.25, -0.2) is 0 Å². The zero-order valence-electron chi connectivity index (χ0n) is 13.3. The number of benzene rings is 1. The van der Waals surface area contributed by atoms with E-state index in [2.05, 4.69) is 37.3 Å². The second kappa shape index (κ2) is 13.2. The van der Waals surface area contributed by atoms with Gasteiger partial charge in [-0.2, -0.15) is 0 Å². The van der Waals surface area contributed by atoms with Gasteiger partial charge in [0.05, 0.1) is 0 Å². The van der Waals surface area contributed by atoms with Crippen molar-refractivity contribution in [2.24, 2.45) is 0 Å². The fraction of sp³-hybridized carbons (Fsp3) is 0.684. The van der Waals surface area contributed by atoms with Gasteiger partial charge in [0, 0.05) is 13.2 Å². The molecule has 0 saturated carbocycles. The molecule has 114 valence electrons. The molecular weight excluding hydrogens is 244 g/mol. The van der Waals surface area contributed by atoms with Crippen molar-refractivity contribution in [1.82, 2.24) is 0 Å². The van der Waals surface area contributed by atoms with Gasteiger partial charge in [-0.15, -0.1) is 0 Å². The number of unbranched alkanes of at least 4 members (excludes halogenated alkanes) is 7. The largest absolute Gasteiger partial charge is 0.381 e. The van der Waals surface area contributed by atoms with Crippen LogP contribution in [-0.4, -0.2) is 13.2 Å². The van der Waals surface area contributed by atoms with Crippen molar-refractivity contribution in [1.29, 1.82) is 0 Å². The minimum Gasteiger partial charge on any atom is -0.381 e. The Balaban J connectivity index is 1.77. The van der Waals surface area contributed by atoms with Crippen LogP contribution in [0.5, 0.6) is 0 Å². The van der Waals surface area contributed by atoms with Gasteiger partial charge in [0.25, 0.3) is 0 Å². The smallest absolute Gasteiger partial charge is 0.0466 e. The van der Waals surface area contributed by atoms with Gasteiger partial charge >= 0.3 is 0 Å². The van der Waals surface area contributed by atoms with E-state index in [0.29, 0.717) is 0 Å². The normalized spacial score (nSPS) is 10.8. The molecule has 0 amide bonds. The molecular formula is C19H32O. The SMILES string of the molecule is CCCCCCCOCCCCCCc1ccccc1. The van der Waals surface area contributed by atoms with Crippen molar-refractivity contribution in [2.45, 2.75) is 71.1 Å². The lowest BCUT2D eigenvalue weighted by Gasteiger charge is -2.04. The molecule has 0 radical (unpaired) electrons. The highest BCUT2D eigenvalue weighted by atomic mass is 16.5. The standard InChI is InChI=1S/C19H32O/c1-2-3-4-6-12-17-20-18-13-7-5-9-14-19-15-10-8-11-16-19/h8,10-11,15-16H,2-7,9,12-14,17-18H2,1H3. The first-order chi connectivity index (χ1) is 9.93. The quantitative estimate of drug-likeness (QED) is 0.415. The summed E-state index contributed by atoms with van der Waals surface area (Å²) in [6.45, 7) is 4.18. The summed E-state index contributed by atoms with van der Waals surface area (Å²) in [6, 6.07) is 10.8. The first-order valence-corrected chi connectivity index (χ1v) is 8.55. The lowest BCUT2D eigenvalue weighted by Crippen LogP contribution is -1.97. The van der Waals surface area contributed by atoms with Crippen molar-refractivity contribution in [3.8, 4) is 0 Å². The minimum atomic E-state index is 0.957. The Morgan fingerprint density at radius 3 is 1.95 bits per heavy atom. The molecule has 0 atom stereocenters. The van der Waals surface area contributed by atoms with Gasteiger partial charge < -0.3 is 4.74 Å². The van der Waals surface area contributed by atoms with Crippen LogP contribution in [0.2, 0.25) is 0 Å². The molecule has 1 rings (SSSR count). The van der Waals surface area contributed by atoms with E-state index >= 15 is 0 Å². The molecule has 0 aliphatic carbocycles. The summed E-state index contributed by atoms with van der Waals surface area (Å²) < 4.78 is 5.68. The summed E-state index contributed by atoms with van der Waals surface area (Å²) >= 11 is 0. The summed E-state index contributed by atoms with van der Waals surface area (Å²) in [6.07, 6.45) is 13.0. The zero-order valence-corrected chi connectivity index (χ0v) is 13.3. The van der Waals surface area contributed by atoms with Gasteiger partial charge in [0.2, 0.25) is 0 Å². The van der Waals surface area contributed by atoms with Gasteiger partial charge in [-0.05, 0) is 31.2 Å². The van der Waals surface area contributed by atoms with Crippen LogP contribution in [0.4, 0.5) is 0 Å². The molecule has 0 unspecified atom stereocenters. The lowest BCUT2D eigenvalue weighted by molar-refractivity contribution is 0.125. The number of ether oxygens (including phenoxy) is 1. The number of hydrogen-bond donors (Lipinski definition) is 0. The third-order valence-electron chi connectivity index (χ3n) is 3.74. The molecule has 0 aliphatic rings. The molecule has 0 heterocycles. The average molecular weight is 276 g/mol. The maximum absolute atomic E-state index is 5.68. The number of hydrogen-bond acceptors (Lipinski definition) is 1. The Morgan fingerprint density at radius 2 is 1.30 bits per heavy atom. The first-order valence-electron chi connectivity index (χ1n) is 8.55. The summed E-state index contributed by atoms with van der Waals surface area (Å²) in [5, 5.41) is 0. The minimum absolute atomic E-state index is 0.957. The third kappa shape index (κ3) is 10.0. The van der Waals surface area contributed by atoms with Crippen LogP contribution in [0.25, 0.3) is 0 Å². The van der Waals surface area contributed by atoms with Crippen LogP contribution in [0.3, 0.4) is 0 Å². The summed E-state index contributed by atoms with van der Waals surface area (Å²) in [5.41, 5.74) is 1.47. The van der Waals surface area contributed by atoms with Crippen LogP contribution in [-0.2, 0) is 11.2 Å². The van der Waals surface area contributed by atoms with Crippen molar-refractivity contribution >= 4 is 0 Å². The van der Waals surface area contributed by atoms with Gasteiger partial charge in [0.15, 0.2) is 0 Å². The van der Waals surface area contributed by atoms with E-state index < -0.39 is 0 Å². The monoisotopic (exact) mass is 276 g/mol. The molecule has 0 aliphatic heterocycles. The number of rotatable bonds is 13. The predicted octanol–water partition coefficient (Wildman–Crippen LogP) is 5.78.